The molecule has 4 nitrogen and oxygen atoms in total. The van der Waals surface area contributed by atoms with Gasteiger partial charge in [0.15, 0.2) is 13.9 Å². The SMILES string of the molecule is CC(C)(C)[Si](C)(C)OCC(O)(c1cccc(OCc2ccc3ccccc3c2)c1)c1nccs1. The van der Waals surface area contributed by atoms with E-state index in [0.717, 1.165) is 11.1 Å². The summed E-state index contributed by atoms with van der Waals surface area (Å²) < 4.78 is 12.6. The Labute approximate surface area is 207 Å². The molecular formula is C28H33NO3SSi. The Balaban J connectivity index is 1.57. The van der Waals surface area contributed by atoms with Crippen LogP contribution in [0.3, 0.4) is 0 Å². The Bertz CT molecular complexity index is 1250. The van der Waals surface area contributed by atoms with E-state index >= 15 is 0 Å². The van der Waals surface area contributed by atoms with Crippen LogP contribution in [-0.2, 0) is 16.6 Å². The minimum absolute atomic E-state index is 0.0433. The topological polar surface area (TPSA) is 51.6 Å². The van der Waals surface area contributed by atoms with E-state index in [9.17, 15) is 5.11 Å². The summed E-state index contributed by atoms with van der Waals surface area (Å²) in [5.41, 5.74) is 0.476. The van der Waals surface area contributed by atoms with Crippen molar-refractivity contribution in [1.29, 1.82) is 0 Å². The molecule has 1 atom stereocenters. The van der Waals surface area contributed by atoms with E-state index < -0.39 is 13.9 Å². The molecule has 3 aromatic carbocycles. The molecule has 0 saturated carbocycles. The molecule has 178 valence electrons. The van der Waals surface area contributed by atoms with Gasteiger partial charge in [0.1, 0.15) is 17.4 Å². The maximum absolute atomic E-state index is 11.9. The first kappa shape index (κ1) is 24.6. The van der Waals surface area contributed by atoms with Gasteiger partial charge in [0.05, 0.1) is 6.61 Å². The number of hydrogen-bond acceptors (Lipinski definition) is 5. The molecule has 0 spiro atoms. The maximum Gasteiger partial charge on any atom is 0.192 e. The Hall–Kier alpha value is -2.51. The van der Waals surface area contributed by atoms with Crippen LogP contribution in [0.25, 0.3) is 10.8 Å². The standard InChI is InChI=1S/C28H33NO3SSi/c1-27(2,3)34(4,5)32-20-28(30,26-29-15-16-33-26)24-11-8-12-25(18-24)31-19-21-13-14-22-9-6-7-10-23(22)17-21/h6-18,30H,19-20H2,1-5H3. The predicted octanol–water partition coefficient (Wildman–Crippen LogP) is 7.13. The summed E-state index contributed by atoms with van der Waals surface area (Å²) >= 11 is 1.43. The van der Waals surface area contributed by atoms with Gasteiger partial charge in [-0.25, -0.2) is 4.98 Å². The Morgan fingerprint density at radius 1 is 0.941 bits per heavy atom. The van der Waals surface area contributed by atoms with E-state index in [2.05, 4.69) is 69.2 Å². The summed E-state index contributed by atoms with van der Waals surface area (Å²) in [6.45, 7) is 11.6. The van der Waals surface area contributed by atoms with Gasteiger partial charge in [-0.15, -0.1) is 11.3 Å². The van der Waals surface area contributed by atoms with Crippen LogP contribution in [-0.4, -0.2) is 25.0 Å². The number of fused-ring (bicyclic) bond motifs is 1. The summed E-state index contributed by atoms with van der Waals surface area (Å²) in [6, 6.07) is 22.3. The fraction of sp³-hybridized carbons (Fsp3) is 0.321. The molecule has 1 aromatic heterocycles. The summed E-state index contributed by atoms with van der Waals surface area (Å²) in [5.74, 6) is 0.702. The van der Waals surface area contributed by atoms with E-state index in [4.69, 9.17) is 9.16 Å². The number of benzene rings is 3. The van der Waals surface area contributed by atoms with Gasteiger partial charge in [0.25, 0.3) is 0 Å². The first-order valence-electron chi connectivity index (χ1n) is 11.6. The zero-order valence-electron chi connectivity index (χ0n) is 20.5. The summed E-state index contributed by atoms with van der Waals surface area (Å²) in [7, 11) is -2.07. The van der Waals surface area contributed by atoms with Crippen LogP contribution in [0.2, 0.25) is 18.1 Å². The second kappa shape index (κ2) is 9.62. The van der Waals surface area contributed by atoms with Crippen molar-refractivity contribution in [3.63, 3.8) is 0 Å². The smallest absolute Gasteiger partial charge is 0.192 e. The highest BCUT2D eigenvalue weighted by atomic mass is 32.1. The molecule has 34 heavy (non-hydrogen) atoms. The number of aliphatic hydroxyl groups is 1. The number of ether oxygens (including phenoxy) is 1. The van der Waals surface area contributed by atoms with Crippen LogP contribution in [0.15, 0.2) is 78.3 Å². The van der Waals surface area contributed by atoms with Crippen LogP contribution >= 0.6 is 11.3 Å². The van der Waals surface area contributed by atoms with Crippen molar-refractivity contribution in [1.82, 2.24) is 4.98 Å². The summed E-state index contributed by atoms with van der Waals surface area (Å²) in [4.78, 5) is 4.44. The molecule has 0 aliphatic carbocycles. The van der Waals surface area contributed by atoms with Crippen molar-refractivity contribution in [2.75, 3.05) is 6.61 Å². The van der Waals surface area contributed by atoms with Crippen LogP contribution in [0.4, 0.5) is 0 Å². The van der Waals surface area contributed by atoms with Crippen LogP contribution < -0.4 is 4.74 Å². The van der Waals surface area contributed by atoms with Gasteiger partial charge in [-0.05, 0) is 58.2 Å². The lowest BCUT2D eigenvalue weighted by Crippen LogP contribution is -2.45. The number of thiazole rings is 1. The van der Waals surface area contributed by atoms with Crippen molar-refractivity contribution in [3.05, 3.63) is 94.4 Å². The molecule has 1 heterocycles. The minimum atomic E-state index is -2.07. The van der Waals surface area contributed by atoms with Crippen LogP contribution in [0.1, 0.15) is 36.9 Å². The molecule has 1 N–H and O–H groups in total. The molecule has 0 saturated heterocycles. The maximum atomic E-state index is 11.9. The van der Waals surface area contributed by atoms with E-state index in [-0.39, 0.29) is 11.6 Å². The second-order valence-corrected chi connectivity index (χ2v) is 15.9. The molecule has 0 bridgehead atoms. The van der Waals surface area contributed by atoms with Crippen molar-refractivity contribution in [2.24, 2.45) is 0 Å². The summed E-state index contributed by atoms with van der Waals surface area (Å²) in [5, 5.41) is 16.8. The highest BCUT2D eigenvalue weighted by Crippen LogP contribution is 2.40. The second-order valence-electron chi connectivity index (χ2n) is 10.2. The zero-order valence-corrected chi connectivity index (χ0v) is 22.4. The van der Waals surface area contributed by atoms with E-state index in [0.29, 0.717) is 17.4 Å². The van der Waals surface area contributed by atoms with Crippen molar-refractivity contribution in [2.45, 2.75) is 51.1 Å². The number of hydrogen-bond donors (Lipinski definition) is 1. The first-order chi connectivity index (χ1) is 16.1. The van der Waals surface area contributed by atoms with Crippen molar-refractivity contribution >= 4 is 30.4 Å². The highest BCUT2D eigenvalue weighted by molar-refractivity contribution is 7.09. The average molecular weight is 492 g/mol. The lowest BCUT2D eigenvalue weighted by molar-refractivity contribution is 0.0218. The lowest BCUT2D eigenvalue weighted by Gasteiger charge is -2.39. The van der Waals surface area contributed by atoms with Gasteiger partial charge in [0, 0.05) is 11.6 Å². The molecular weight excluding hydrogens is 458 g/mol. The Morgan fingerprint density at radius 2 is 1.71 bits per heavy atom. The Morgan fingerprint density at radius 3 is 2.41 bits per heavy atom. The van der Waals surface area contributed by atoms with Crippen LogP contribution in [0, 0.1) is 0 Å². The predicted molar refractivity (Wildman–Crippen MR) is 143 cm³/mol. The first-order valence-corrected chi connectivity index (χ1v) is 15.3. The molecule has 0 radical (unpaired) electrons. The summed E-state index contributed by atoms with van der Waals surface area (Å²) in [6.07, 6.45) is 1.72. The van der Waals surface area contributed by atoms with Gasteiger partial charge >= 0.3 is 0 Å². The van der Waals surface area contributed by atoms with Gasteiger partial charge in [-0.2, -0.15) is 0 Å². The average Bonchev–Trinajstić information content (AvgIpc) is 3.36. The normalized spacial score (nSPS) is 14.2. The minimum Gasteiger partial charge on any atom is -0.489 e. The molecule has 4 aromatic rings. The van der Waals surface area contributed by atoms with Gasteiger partial charge in [0.2, 0.25) is 0 Å². The third-order valence-corrected chi connectivity index (χ3v) is 12.2. The van der Waals surface area contributed by atoms with Crippen molar-refractivity contribution < 1.29 is 14.3 Å². The fourth-order valence-electron chi connectivity index (χ4n) is 3.54. The number of aromatic nitrogens is 1. The van der Waals surface area contributed by atoms with E-state index in [1.165, 1.54) is 22.1 Å². The number of rotatable bonds is 8. The van der Waals surface area contributed by atoms with E-state index in [1.54, 1.807) is 6.20 Å². The van der Waals surface area contributed by atoms with Crippen LogP contribution in [0.5, 0.6) is 5.75 Å². The van der Waals surface area contributed by atoms with Gasteiger partial charge in [-0.1, -0.05) is 69.3 Å². The highest BCUT2D eigenvalue weighted by Gasteiger charge is 2.42. The molecule has 6 heteroatoms. The fourth-order valence-corrected chi connectivity index (χ4v) is 5.28. The molecule has 0 amide bonds. The molecule has 0 fully saturated rings. The molecule has 4 rings (SSSR count). The quantitative estimate of drug-likeness (QED) is 0.266. The zero-order chi connectivity index (χ0) is 24.4. The molecule has 0 aliphatic rings. The molecule has 1 unspecified atom stereocenters. The van der Waals surface area contributed by atoms with Crippen molar-refractivity contribution in [3.8, 4) is 5.75 Å². The Kier molecular flexibility index (Phi) is 6.96. The van der Waals surface area contributed by atoms with Gasteiger partial charge in [-0.3, -0.25) is 0 Å². The lowest BCUT2D eigenvalue weighted by atomic mass is 9.95. The van der Waals surface area contributed by atoms with E-state index in [1.807, 2.05) is 41.8 Å². The van der Waals surface area contributed by atoms with Gasteiger partial charge < -0.3 is 14.3 Å². The largest absolute Gasteiger partial charge is 0.489 e. The number of nitrogens with zero attached hydrogens (tertiary/aromatic N) is 1. The monoisotopic (exact) mass is 491 g/mol. The molecule has 0 aliphatic heterocycles. The third-order valence-electron chi connectivity index (χ3n) is 6.77. The third kappa shape index (κ3) is 5.25.